The van der Waals surface area contributed by atoms with Crippen LogP contribution in [0.5, 0.6) is 0 Å². The molecule has 0 spiro atoms. The first-order valence-electron chi connectivity index (χ1n) is 23.0. The minimum absolute atomic E-state index is 0.0195. The van der Waals surface area contributed by atoms with Crippen molar-refractivity contribution in [1.29, 1.82) is 0 Å². The molecular weight excluding hydrogens is 749 g/mol. The van der Waals surface area contributed by atoms with Gasteiger partial charge in [-0.3, -0.25) is 4.79 Å². The van der Waals surface area contributed by atoms with Crippen LogP contribution in [0.1, 0.15) is 124 Å². The van der Waals surface area contributed by atoms with Crippen LogP contribution >= 0.6 is 21.6 Å². The molecule has 11 rings (SSSR count). The fourth-order valence-corrected chi connectivity index (χ4v) is 20.1. The monoisotopic (exact) mass is 814 g/mol. The van der Waals surface area contributed by atoms with Crippen LogP contribution < -0.4 is 0 Å². The maximum atomic E-state index is 14.4. The number of allylic oxidation sites excluding steroid dienone is 3. The van der Waals surface area contributed by atoms with Crippen molar-refractivity contribution in [3.63, 3.8) is 0 Å². The molecule has 1 aromatic heterocycles. The van der Waals surface area contributed by atoms with E-state index >= 15 is 0 Å². The zero-order valence-corrected chi connectivity index (χ0v) is 36.2. The van der Waals surface area contributed by atoms with E-state index in [1.54, 1.807) is 22.3 Å². The number of aliphatic hydroxyl groups excluding tert-OH is 3. The van der Waals surface area contributed by atoms with Gasteiger partial charge >= 0.3 is 0 Å². The number of aromatic nitrogens is 2. The number of hydrogen-bond acceptors (Lipinski definition) is 8. The molecule has 1 aromatic rings. The number of carbonyl (C=O) groups excluding carboxylic acids is 1. The largest absolute Gasteiger partial charge is 0.392 e. The normalized spacial score (nSPS) is 51.3. The van der Waals surface area contributed by atoms with Crippen molar-refractivity contribution in [2.45, 2.75) is 148 Å². The average Bonchev–Trinajstić information content (AvgIpc) is 3.77. The van der Waals surface area contributed by atoms with Gasteiger partial charge in [0.05, 0.1) is 30.2 Å². The van der Waals surface area contributed by atoms with E-state index < -0.39 is 34.7 Å². The van der Waals surface area contributed by atoms with Gasteiger partial charge in [-0.25, -0.2) is 4.98 Å². The molecule has 7 fully saturated rings. The summed E-state index contributed by atoms with van der Waals surface area (Å²) in [6.45, 7) is 9.63. The zero-order valence-electron chi connectivity index (χ0n) is 34.6. The summed E-state index contributed by atoms with van der Waals surface area (Å²) < 4.78 is 2.33. The summed E-state index contributed by atoms with van der Waals surface area (Å²) >= 11 is 0. The summed E-state index contributed by atoms with van der Waals surface area (Å²) in [5, 5.41) is 49.9. The van der Waals surface area contributed by atoms with Crippen LogP contribution in [0.3, 0.4) is 0 Å². The molecule has 1 saturated heterocycles. The highest BCUT2D eigenvalue weighted by Crippen LogP contribution is 2.76. The van der Waals surface area contributed by atoms with E-state index in [4.69, 9.17) is 0 Å². The van der Waals surface area contributed by atoms with Crippen molar-refractivity contribution >= 4 is 27.4 Å². The number of imidazole rings is 1. The van der Waals surface area contributed by atoms with Gasteiger partial charge in [-0.05, 0) is 141 Å². The highest BCUT2D eigenvalue weighted by atomic mass is 33.1. The highest BCUT2D eigenvalue weighted by molar-refractivity contribution is 8.76. The average molecular weight is 815 g/mol. The fraction of sp³-hybridized carbons (Fsp3) is 0.792. The van der Waals surface area contributed by atoms with Gasteiger partial charge in [-0.1, -0.05) is 78.0 Å². The Morgan fingerprint density at radius 1 is 0.842 bits per heavy atom. The number of aliphatic hydroxyl groups is 4. The quantitative estimate of drug-likeness (QED) is 0.165. The van der Waals surface area contributed by atoms with Gasteiger partial charge in [0.1, 0.15) is 0 Å². The zero-order chi connectivity index (χ0) is 39.4. The molecule has 17 atom stereocenters. The Morgan fingerprint density at radius 2 is 1.65 bits per heavy atom. The lowest BCUT2D eigenvalue weighted by atomic mass is 9.42. The number of fused-ring (bicyclic) bond motifs is 9. The van der Waals surface area contributed by atoms with Crippen molar-refractivity contribution in [2.75, 3.05) is 11.5 Å². The second kappa shape index (κ2) is 13.3. The van der Waals surface area contributed by atoms with Gasteiger partial charge < -0.3 is 25.0 Å². The molecule has 10 aliphatic rings. The first-order chi connectivity index (χ1) is 27.3. The molecule has 0 radical (unpaired) electrons. The number of hydrogen-bond donors (Lipinski definition) is 4. The van der Waals surface area contributed by atoms with Gasteiger partial charge in [0.25, 0.3) is 0 Å². The molecule has 1 aliphatic heterocycles. The summed E-state index contributed by atoms with van der Waals surface area (Å²) in [6.07, 6.45) is 19.9. The third kappa shape index (κ3) is 5.14. The van der Waals surface area contributed by atoms with E-state index in [-0.39, 0.29) is 58.7 Å². The second-order valence-electron chi connectivity index (χ2n) is 22.0. The first kappa shape index (κ1) is 38.6. The Labute approximate surface area is 347 Å². The molecule has 9 heteroatoms. The summed E-state index contributed by atoms with van der Waals surface area (Å²) in [5.41, 5.74) is 5.29. The number of carbonyl (C=O) groups is 1. The Bertz CT molecular complexity index is 1920. The van der Waals surface area contributed by atoms with E-state index in [1.165, 1.54) is 38.5 Å². The fourth-order valence-electron chi connectivity index (χ4n) is 17.3. The molecule has 0 unspecified atom stereocenters. The Morgan fingerprint density at radius 3 is 2.46 bits per heavy atom. The lowest BCUT2D eigenvalue weighted by molar-refractivity contribution is -0.174. The topological polar surface area (TPSA) is 116 Å². The predicted molar refractivity (Wildman–Crippen MR) is 226 cm³/mol. The summed E-state index contributed by atoms with van der Waals surface area (Å²) in [6, 6.07) is 0.246. The van der Waals surface area contributed by atoms with Crippen LogP contribution in [-0.4, -0.2) is 71.2 Å². The van der Waals surface area contributed by atoms with Crippen LogP contribution in [0.4, 0.5) is 0 Å². The summed E-state index contributed by atoms with van der Waals surface area (Å²) in [5.74, 6) is 3.32. The number of ketones is 1. The van der Waals surface area contributed by atoms with Crippen molar-refractivity contribution < 1.29 is 25.2 Å². The first-order valence-corrected chi connectivity index (χ1v) is 25.5. The molecule has 57 heavy (non-hydrogen) atoms. The molecule has 0 aromatic carbocycles. The molecule has 6 saturated carbocycles. The van der Waals surface area contributed by atoms with E-state index in [0.717, 1.165) is 55.6 Å². The van der Waals surface area contributed by atoms with E-state index in [0.29, 0.717) is 30.6 Å². The highest BCUT2D eigenvalue weighted by Gasteiger charge is 2.75. The summed E-state index contributed by atoms with van der Waals surface area (Å²) in [4.78, 5) is 18.9. The third-order valence-corrected chi connectivity index (χ3v) is 22.1. The van der Waals surface area contributed by atoms with Gasteiger partial charge in [0.2, 0.25) is 0 Å². The molecule has 4 bridgehead atoms. The second-order valence-corrected chi connectivity index (χ2v) is 24.6. The number of rotatable bonds is 1. The molecular formula is C48H66N2O5S2. The van der Waals surface area contributed by atoms with Crippen molar-refractivity contribution in [2.24, 2.45) is 75.4 Å². The maximum absolute atomic E-state index is 14.4. The SMILES string of the molecule is CC1(C)C[C@@H](n2ccnc2)CSSC[C@@H]2C[C@@H]3[C@H]4[C@H](O)[C@@H]5C6=C(CCC[C@@H]6[C@H]4CC[C@@H]4C[C@H]6C(=CC(=O)[C@@H]7C[C@@H](O)[C@@H](O)C[C@@]76C)[C@@]2(O)[C@]43C)[C@@H]2CCCCC2=C51. The van der Waals surface area contributed by atoms with Gasteiger partial charge in [0, 0.05) is 59.0 Å². The molecule has 4 N–H and O–H groups in total. The lowest BCUT2D eigenvalue weighted by Crippen LogP contribution is -2.65. The molecule has 7 nitrogen and oxygen atoms in total. The summed E-state index contributed by atoms with van der Waals surface area (Å²) in [7, 11) is 3.85. The van der Waals surface area contributed by atoms with E-state index in [9.17, 15) is 25.2 Å². The van der Waals surface area contributed by atoms with Crippen LogP contribution in [0.25, 0.3) is 0 Å². The third-order valence-electron chi connectivity index (χ3n) is 19.6. The Hall–Kier alpha value is -1.36. The standard InChI is InChI=1S/C48H66N2O5S2/c1-45(2)20-27(50-15-14-49-24-50)23-57-56-22-26-17-36-41-31(30-11-7-10-29-28-8-5-6-9-32(28)43(45)42(40(29)30)44(41)54)13-12-25-16-33-34(48(26,55)47(25,36)4)18-37(51)35-19-38(52)39(53)21-46(33,35)3/h14-15,18,24-28,30-31,33,35-36,38-39,41-42,44,52-55H,5-13,16-17,19-23H2,1-4H3/t25-,26+,27-,28+,30-,31-,33+,35+,36-,38-,39+,41+,42-,44+,46-,47-,48-/m1/s1. The molecule has 2 heterocycles. The molecule has 310 valence electrons. The van der Waals surface area contributed by atoms with Crippen molar-refractivity contribution in [1.82, 2.24) is 9.55 Å². The smallest absolute Gasteiger partial charge is 0.159 e. The van der Waals surface area contributed by atoms with Crippen LogP contribution in [0.2, 0.25) is 0 Å². The molecule has 0 amide bonds. The predicted octanol–water partition coefficient (Wildman–Crippen LogP) is 8.51. The van der Waals surface area contributed by atoms with Gasteiger partial charge in [-0.2, -0.15) is 0 Å². The van der Waals surface area contributed by atoms with Crippen LogP contribution in [0, 0.1) is 75.4 Å². The van der Waals surface area contributed by atoms with E-state index in [2.05, 4.69) is 43.4 Å². The van der Waals surface area contributed by atoms with Crippen molar-refractivity contribution in [3.8, 4) is 0 Å². The van der Waals surface area contributed by atoms with E-state index in [1.807, 2.05) is 40.2 Å². The van der Waals surface area contributed by atoms with Crippen LogP contribution in [-0.2, 0) is 4.79 Å². The van der Waals surface area contributed by atoms with Crippen LogP contribution in [0.15, 0.2) is 52.7 Å². The Kier molecular flexibility index (Phi) is 9.01. The maximum Gasteiger partial charge on any atom is 0.159 e. The minimum Gasteiger partial charge on any atom is -0.392 e. The Balaban J connectivity index is 1.11. The number of nitrogens with zero attached hydrogens (tertiary/aromatic N) is 2. The lowest BCUT2D eigenvalue weighted by Gasteiger charge is -2.64. The van der Waals surface area contributed by atoms with Crippen molar-refractivity contribution in [3.05, 3.63) is 52.7 Å². The van der Waals surface area contributed by atoms with Gasteiger partial charge in [0.15, 0.2) is 5.78 Å². The minimum atomic E-state index is -1.18. The van der Waals surface area contributed by atoms with Gasteiger partial charge in [-0.15, -0.1) is 0 Å². The molecule has 9 aliphatic carbocycles.